The molecule has 5 nitrogen and oxygen atoms in total. The number of rotatable bonds is 3. The fourth-order valence-corrected chi connectivity index (χ4v) is 4.35. The number of nitrogens with zero attached hydrogens (tertiary/aromatic N) is 2. The Labute approximate surface area is 128 Å². The smallest absolute Gasteiger partial charge is 0.245 e. The molecule has 0 atom stereocenters. The lowest BCUT2D eigenvalue weighted by molar-refractivity contribution is 0.197. The molecule has 1 saturated heterocycles. The molecule has 0 saturated carbocycles. The summed E-state index contributed by atoms with van der Waals surface area (Å²) in [5.41, 5.74) is 6.13. The zero-order chi connectivity index (χ0) is 14.9. The molecule has 7 heteroatoms. The van der Waals surface area contributed by atoms with Crippen LogP contribution in [-0.4, -0.2) is 50.8 Å². The Morgan fingerprint density at radius 1 is 1.35 bits per heavy atom. The lowest BCUT2D eigenvalue weighted by Crippen LogP contribution is -2.44. The monoisotopic (exact) mass is 361 g/mol. The highest BCUT2D eigenvalue weighted by molar-refractivity contribution is 9.10. The average molecular weight is 362 g/mol. The fraction of sp³-hybridized carbons (Fsp3) is 0.538. The van der Waals surface area contributed by atoms with Crippen molar-refractivity contribution in [3.8, 4) is 0 Å². The standard InChI is InChI=1S/C13H20BrN3O2S/c1-16-7-5-11(6-8-16)17(2)20(18,19)13-4-3-10(14)9-12(13)15/h3-4,9,11H,5-8,15H2,1-2H3. The van der Waals surface area contributed by atoms with E-state index in [9.17, 15) is 8.42 Å². The molecule has 1 heterocycles. The zero-order valence-corrected chi connectivity index (χ0v) is 14.1. The van der Waals surface area contributed by atoms with Crippen LogP contribution in [0.15, 0.2) is 27.6 Å². The van der Waals surface area contributed by atoms with Gasteiger partial charge in [-0.05, 0) is 51.2 Å². The molecule has 0 aromatic heterocycles. The van der Waals surface area contributed by atoms with Crippen LogP contribution >= 0.6 is 15.9 Å². The molecule has 1 fully saturated rings. The van der Waals surface area contributed by atoms with Gasteiger partial charge >= 0.3 is 0 Å². The molecule has 112 valence electrons. The zero-order valence-electron chi connectivity index (χ0n) is 11.7. The third kappa shape index (κ3) is 3.16. The molecular weight excluding hydrogens is 342 g/mol. The van der Waals surface area contributed by atoms with Gasteiger partial charge in [0, 0.05) is 17.6 Å². The van der Waals surface area contributed by atoms with Gasteiger partial charge in [0.2, 0.25) is 10.0 Å². The van der Waals surface area contributed by atoms with Crippen LogP contribution in [0.3, 0.4) is 0 Å². The summed E-state index contributed by atoms with van der Waals surface area (Å²) in [6.07, 6.45) is 1.70. The van der Waals surface area contributed by atoms with E-state index in [4.69, 9.17) is 5.73 Å². The summed E-state index contributed by atoms with van der Waals surface area (Å²) in [5.74, 6) is 0. The molecule has 20 heavy (non-hydrogen) atoms. The van der Waals surface area contributed by atoms with Crippen LogP contribution in [0.1, 0.15) is 12.8 Å². The van der Waals surface area contributed by atoms with Crippen molar-refractivity contribution in [1.82, 2.24) is 9.21 Å². The predicted molar refractivity (Wildman–Crippen MR) is 84.0 cm³/mol. The summed E-state index contributed by atoms with van der Waals surface area (Å²) in [5, 5.41) is 0. The van der Waals surface area contributed by atoms with E-state index < -0.39 is 10.0 Å². The normalized spacial score (nSPS) is 18.6. The highest BCUT2D eigenvalue weighted by Gasteiger charge is 2.31. The summed E-state index contributed by atoms with van der Waals surface area (Å²) < 4.78 is 27.6. The number of benzene rings is 1. The molecule has 2 N–H and O–H groups in total. The minimum atomic E-state index is -3.53. The van der Waals surface area contributed by atoms with Gasteiger partial charge in [-0.3, -0.25) is 0 Å². The second-order valence-electron chi connectivity index (χ2n) is 5.24. The molecule has 0 aliphatic carbocycles. The number of nitrogens with two attached hydrogens (primary N) is 1. The van der Waals surface area contributed by atoms with Crippen molar-refractivity contribution in [3.05, 3.63) is 22.7 Å². The Hall–Kier alpha value is -0.630. The van der Waals surface area contributed by atoms with Crippen molar-refractivity contribution in [3.63, 3.8) is 0 Å². The van der Waals surface area contributed by atoms with Gasteiger partial charge in [-0.25, -0.2) is 8.42 Å². The van der Waals surface area contributed by atoms with E-state index in [1.54, 1.807) is 25.2 Å². The Morgan fingerprint density at radius 3 is 2.50 bits per heavy atom. The number of hydrogen-bond acceptors (Lipinski definition) is 4. The van der Waals surface area contributed by atoms with Crippen molar-refractivity contribution >= 4 is 31.6 Å². The summed E-state index contributed by atoms with van der Waals surface area (Å²) in [6.45, 7) is 1.83. The second-order valence-corrected chi connectivity index (χ2v) is 8.12. The quantitative estimate of drug-likeness (QED) is 0.832. The van der Waals surface area contributed by atoms with Crippen molar-refractivity contribution in [1.29, 1.82) is 0 Å². The third-order valence-corrected chi connectivity index (χ3v) is 6.31. The summed E-state index contributed by atoms with van der Waals surface area (Å²) >= 11 is 3.29. The third-order valence-electron chi connectivity index (χ3n) is 3.83. The average Bonchev–Trinajstić information content (AvgIpc) is 2.38. The Morgan fingerprint density at radius 2 is 1.95 bits per heavy atom. The van der Waals surface area contributed by atoms with Gasteiger partial charge in [0.05, 0.1) is 5.69 Å². The first-order valence-electron chi connectivity index (χ1n) is 6.54. The Balaban J connectivity index is 2.25. The van der Waals surface area contributed by atoms with E-state index in [2.05, 4.69) is 27.9 Å². The van der Waals surface area contributed by atoms with Crippen LogP contribution in [-0.2, 0) is 10.0 Å². The predicted octanol–water partition coefficient (Wildman–Crippen LogP) is 1.75. The maximum atomic E-state index is 12.7. The highest BCUT2D eigenvalue weighted by Crippen LogP contribution is 2.28. The van der Waals surface area contributed by atoms with Crippen LogP contribution in [0.25, 0.3) is 0 Å². The van der Waals surface area contributed by atoms with Crippen molar-refractivity contribution in [2.75, 3.05) is 32.9 Å². The van der Waals surface area contributed by atoms with Gasteiger partial charge in [0.1, 0.15) is 4.90 Å². The maximum absolute atomic E-state index is 12.7. The second kappa shape index (κ2) is 6.01. The Bertz CT molecular complexity index is 583. The van der Waals surface area contributed by atoms with Crippen LogP contribution in [0.5, 0.6) is 0 Å². The van der Waals surface area contributed by atoms with E-state index >= 15 is 0 Å². The summed E-state index contributed by atoms with van der Waals surface area (Å²) in [6, 6.07) is 4.92. The SMILES string of the molecule is CN1CCC(N(C)S(=O)(=O)c2ccc(Br)cc2N)CC1. The molecule has 0 amide bonds. The minimum absolute atomic E-state index is 0.0410. The summed E-state index contributed by atoms with van der Waals surface area (Å²) in [7, 11) is 0.164. The lowest BCUT2D eigenvalue weighted by Gasteiger charge is -2.34. The van der Waals surface area contributed by atoms with Gasteiger partial charge in [-0.1, -0.05) is 15.9 Å². The molecule has 2 rings (SSSR count). The van der Waals surface area contributed by atoms with E-state index in [-0.39, 0.29) is 16.6 Å². The van der Waals surface area contributed by atoms with E-state index in [1.807, 2.05) is 0 Å². The maximum Gasteiger partial charge on any atom is 0.245 e. The van der Waals surface area contributed by atoms with E-state index in [0.29, 0.717) is 0 Å². The van der Waals surface area contributed by atoms with Crippen molar-refractivity contribution < 1.29 is 8.42 Å². The van der Waals surface area contributed by atoms with Gasteiger partial charge in [-0.2, -0.15) is 4.31 Å². The molecule has 0 radical (unpaired) electrons. The number of nitrogen functional groups attached to an aromatic ring is 1. The van der Waals surface area contributed by atoms with Crippen LogP contribution in [0.4, 0.5) is 5.69 Å². The van der Waals surface area contributed by atoms with Gasteiger partial charge in [0.25, 0.3) is 0 Å². The van der Waals surface area contributed by atoms with Gasteiger partial charge < -0.3 is 10.6 Å². The number of hydrogen-bond donors (Lipinski definition) is 1. The van der Waals surface area contributed by atoms with Gasteiger partial charge in [0.15, 0.2) is 0 Å². The van der Waals surface area contributed by atoms with Crippen LogP contribution in [0, 0.1) is 0 Å². The topological polar surface area (TPSA) is 66.6 Å². The number of likely N-dealkylation sites (tertiary alicyclic amines) is 1. The first kappa shape index (κ1) is 15.8. The van der Waals surface area contributed by atoms with E-state index in [0.717, 1.165) is 30.4 Å². The Kier molecular flexibility index (Phi) is 4.73. The number of halogens is 1. The van der Waals surface area contributed by atoms with Gasteiger partial charge in [-0.15, -0.1) is 0 Å². The highest BCUT2D eigenvalue weighted by atomic mass is 79.9. The lowest BCUT2D eigenvalue weighted by atomic mass is 10.1. The molecule has 1 aromatic carbocycles. The van der Waals surface area contributed by atoms with E-state index in [1.165, 1.54) is 4.31 Å². The molecule has 0 unspecified atom stereocenters. The van der Waals surface area contributed by atoms with Crippen LogP contribution < -0.4 is 5.73 Å². The van der Waals surface area contributed by atoms with Crippen molar-refractivity contribution in [2.45, 2.75) is 23.8 Å². The molecule has 1 aromatic rings. The number of anilines is 1. The minimum Gasteiger partial charge on any atom is -0.398 e. The molecule has 1 aliphatic heterocycles. The molecular formula is C13H20BrN3O2S. The fourth-order valence-electron chi connectivity index (χ4n) is 2.46. The largest absolute Gasteiger partial charge is 0.398 e. The first-order valence-corrected chi connectivity index (χ1v) is 8.77. The van der Waals surface area contributed by atoms with Crippen LogP contribution in [0.2, 0.25) is 0 Å². The number of piperidine rings is 1. The molecule has 1 aliphatic rings. The first-order chi connectivity index (χ1) is 9.32. The molecule has 0 bridgehead atoms. The summed E-state index contributed by atoms with van der Waals surface area (Å²) in [4.78, 5) is 2.40. The van der Waals surface area contributed by atoms with Crippen molar-refractivity contribution in [2.24, 2.45) is 0 Å². The number of sulfonamides is 1. The molecule has 0 spiro atoms.